The van der Waals surface area contributed by atoms with Crippen LogP contribution in [0.4, 0.5) is 4.79 Å². The first kappa shape index (κ1) is 25.4. The predicted octanol–water partition coefficient (Wildman–Crippen LogP) is 4.87. The standard InChI is InChI=1S/C27H35N3O4/c1-3-15-28(16-4-2)17-7-8-18-29(27(33)34)19-21-11-13-22(14-12-21)20-30-25(31)23-9-5-6-10-24(23)26(30)32/h5-6,9-14H,3-4,7-8,15-20H2,1-2H3,(H,33,34). The molecule has 0 aromatic heterocycles. The lowest BCUT2D eigenvalue weighted by Gasteiger charge is -2.23. The van der Waals surface area contributed by atoms with E-state index in [2.05, 4.69) is 18.7 Å². The van der Waals surface area contributed by atoms with Gasteiger partial charge in [-0.1, -0.05) is 50.2 Å². The highest BCUT2D eigenvalue weighted by Gasteiger charge is 2.34. The number of hydrogen-bond donors (Lipinski definition) is 1. The van der Waals surface area contributed by atoms with Gasteiger partial charge < -0.3 is 14.9 Å². The number of carbonyl (C=O) groups is 3. The SMILES string of the molecule is CCCN(CCC)CCCCN(Cc1ccc(CN2C(=O)c3ccccc3C2=O)cc1)C(=O)O. The summed E-state index contributed by atoms with van der Waals surface area (Å²) in [5.41, 5.74) is 2.58. The Balaban J connectivity index is 1.52. The van der Waals surface area contributed by atoms with Gasteiger partial charge in [0.15, 0.2) is 0 Å². The van der Waals surface area contributed by atoms with E-state index in [1.54, 1.807) is 24.3 Å². The molecule has 0 aliphatic carbocycles. The number of fused-ring (bicyclic) bond motifs is 1. The molecule has 0 saturated carbocycles. The Bertz CT molecular complexity index is 949. The van der Waals surface area contributed by atoms with E-state index in [0.717, 1.165) is 56.4 Å². The Morgan fingerprint density at radius 1 is 0.794 bits per heavy atom. The molecule has 2 aromatic carbocycles. The summed E-state index contributed by atoms with van der Waals surface area (Å²) in [7, 11) is 0. The third-order valence-electron chi connectivity index (χ3n) is 6.12. The predicted molar refractivity (Wildman–Crippen MR) is 132 cm³/mol. The van der Waals surface area contributed by atoms with Crippen LogP contribution in [0.5, 0.6) is 0 Å². The molecule has 34 heavy (non-hydrogen) atoms. The smallest absolute Gasteiger partial charge is 0.407 e. The van der Waals surface area contributed by atoms with Gasteiger partial charge >= 0.3 is 6.09 Å². The fourth-order valence-electron chi connectivity index (χ4n) is 4.38. The minimum atomic E-state index is -0.922. The maximum absolute atomic E-state index is 12.6. The molecular formula is C27H35N3O4. The summed E-state index contributed by atoms with van der Waals surface area (Å²) in [6.07, 6.45) is 3.14. The first-order valence-corrected chi connectivity index (χ1v) is 12.2. The lowest BCUT2D eigenvalue weighted by atomic mass is 10.1. The van der Waals surface area contributed by atoms with Gasteiger partial charge in [0.05, 0.1) is 17.7 Å². The quantitative estimate of drug-likeness (QED) is 0.337. The lowest BCUT2D eigenvalue weighted by molar-refractivity contribution is 0.0642. The van der Waals surface area contributed by atoms with Gasteiger partial charge in [-0.3, -0.25) is 14.5 Å². The molecule has 3 amide bonds. The number of amides is 3. The van der Waals surface area contributed by atoms with Gasteiger partial charge in [-0.25, -0.2) is 4.79 Å². The Morgan fingerprint density at radius 3 is 1.85 bits per heavy atom. The summed E-state index contributed by atoms with van der Waals surface area (Å²) < 4.78 is 0. The summed E-state index contributed by atoms with van der Waals surface area (Å²) in [5.74, 6) is -0.559. The third-order valence-corrected chi connectivity index (χ3v) is 6.12. The van der Waals surface area contributed by atoms with Crippen molar-refractivity contribution in [3.63, 3.8) is 0 Å². The Hall–Kier alpha value is -3.19. The molecule has 0 saturated heterocycles. The van der Waals surface area contributed by atoms with Gasteiger partial charge in [-0.2, -0.15) is 0 Å². The van der Waals surface area contributed by atoms with Gasteiger partial charge in [0, 0.05) is 13.1 Å². The average molecular weight is 466 g/mol. The zero-order valence-corrected chi connectivity index (χ0v) is 20.2. The number of nitrogens with zero attached hydrogens (tertiary/aromatic N) is 3. The van der Waals surface area contributed by atoms with Gasteiger partial charge in [-0.05, 0) is 68.6 Å². The minimum Gasteiger partial charge on any atom is -0.465 e. The molecule has 1 N–H and O–H groups in total. The lowest BCUT2D eigenvalue weighted by Crippen LogP contribution is -2.31. The van der Waals surface area contributed by atoms with Gasteiger partial charge in [0.2, 0.25) is 0 Å². The van der Waals surface area contributed by atoms with E-state index in [1.807, 2.05) is 24.3 Å². The first-order chi connectivity index (χ1) is 16.4. The van der Waals surface area contributed by atoms with E-state index in [0.29, 0.717) is 24.2 Å². The normalized spacial score (nSPS) is 13.0. The van der Waals surface area contributed by atoms with Crippen LogP contribution in [0, 0.1) is 0 Å². The average Bonchev–Trinajstić information content (AvgIpc) is 3.07. The molecule has 182 valence electrons. The second-order valence-electron chi connectivity index (χ2n) is 8.81. The molecule has 0 fully saturated rings. The van der Waals surface area contributed by atoms with Crippen molar-refractivity contribution in [1.82, 2.24) is 14.7 Å². The van der Waals surface area contributed by atoms with Gasteiger partial charge in [0.1, 0.15) is 0 Å². The molecule has 7 nitrogen and oxygen atoms in total. The van der Waals surface area contributed by atoms with Gasteiger partial charge in [-0.15, -0.1) is 0 Å². The number of hydrogen-bond acceptors (Lipinski definition) is 4. The van der Waals surface area contributed by atoms with E-state index in [-0.39, 0.29) is 18.4 Å². The topological polar surface area (TPSA) is 81.2 Å². The molecule has 0 radical (unpaired) electrons. The van der Waals surface area contributed by atoms with Crippen molar-refractivity contribution in [2.75, 3.05) is 26.2 Å². The third kappa shape index (κ3) is 6.44. The summed E-state index contributed by atoms with van der Waals surface area (Å²) in [4.78, 5) is 42.0. The van der Waals surface area contributed by atoms with E-state index < -0.39 is 6.09 Å². The Labute approximate surface area is 202 Å². The highest BCUT2D eigenvalue weighted by atomic mass is 16.4. The molecule has 1 aliphatic heterocycles. The number of rotatable bonds is 13. The van der Waals surface area contributed by atoms with Crippen molar-refractivity contribution < 1.29 is 19.5 Å². The maximum Gasteiger partial charge on any atom is 0.407 e. The molecule has 2 aromatic rings. The van der Waals surface area contributed by atoms with Crippen molar-refractivity contribution >= 4 is 17.9 Å². The fraction of sp³-hybridized carbons (Fsp3) is 0.444. The number of benzene rings is 2. The summed E-state index contributed by atoms with van der Waals surface area (Å²) in [6.45, 7) is 8.55. The van der Waals surface area contributed by atoms with Crippen molar-refractivity contribution in [2.24, 2.45) is 0 Å². The van der Waals surface area contributed by atoms with E-state index in [9.17, 15) is 19.5 Å². The second kappa shape index (κ2) is 12.3. The van der Waals surface area contributed by atoms with Crippen LogP contribution >= 0.6 is 0 Å². The van der Waals surface area contributed by atoms with Crippen molar-refractivity contribution in [3.05, 3.63) is 70.8 Å². The zero-order chi connectivity index (χ0) is 24.5. The molecule has 0 bridgehead atoms. The summed E-state index contributed by atoms with van der Waals surface area (Å²) in [5, 5.41) is 9.63. The highest BCUT2D eigenvalue weighted by molar-refractivity contribution is 6.21. The van der Waals surface area contributed by atoms with Crippen LogP contribution in [0.15, 0.2) is 48.5 Å². The molecule has 0 spiro atoms. The largest absolute Gasteiger partial charge is 0.465 e. The van der Waals surface area contributed by atoms with E-state index >= 15 is 0 Å². The monoisotopic (exact) mass is 465 g/mol. The minimum absolute atomic E-state index is 0.196. The molecule has 0 unspecified atom stereocenters. The molecular weight excluding hydrogens is 430 g/mol. The van der Waals surface area contributed by atoms with Crippen LogP contribution in [-0.4, -0.2) is 63.9 Å². The molecule has 1 heterocycles. The molecule has 7 heteroatoms. The van der Waals surface area contributed by atoms with Crippen LogP contribution in [0.2, 0.25) is 0 Å². The van der Waals surface area contributed by atoms with Crippen LogP contribution in [0.1, 0.15) is 71.4 Å². The van der Waals surface area contributed by atoms with E-state index in [1.165, 1.54) is 9.80 Å². The van der Waals surface area contributed by atoms with E-state index in [4.69, 9.17) is 0 Å². The highest BCUT2D eigenvalue weighted by Crippen LogP contribution is 2.24. The van der Waals surface area contributed by atoms with Crippen LogP contribution in [0.3, 0.4) is 0 Å². The maximum atomic E-state index is 12.6. The summed E-state index contributed by atoms with van der Waals surface area (Å²) in [6, 6.07) is 14.3. The van der Waals surface area contributed by atoms with Crippen molar-refractivity contribution in [2.45, 2.75) is 52.6 Å². The number of imide groups is 1. The molecule has 3 rings (SSSR count). The fourth-order valence-corrected chi connectivity index (χ4v) is 4.38. The Kier molecular flexibility index (Phi) is 9.22. The number of carbonyl (C=O) groups excluding carboxylic acids is 2. The number of unbranched alkanes of at least 4 members (excludes halogenated alkanes) is 1. The molecule has 0 atom stereocenters. The van der Waals surface area contributed by atoms with Crippen molar-refractivity contribution in [3.8, 4) is 0 Å². The van der Waals surface area contributed by atoms with Crippen LogP contribution in [0.25, 0.3) is 0 Å². The second-order valence-corrected chi connectivity index (χ2v) is 8.81. The molecule has 1 aliphatic rings. The van der Waals surface area contributed by atoms with Gasteiger partial charge in [0.25, 0.3) is 11.8 Å². The Morgan fingerprint density at radius 2 is 1.32 bits per heavy atom. The van der Waals surface area contributed by atoms with Crippen molar-refractivity contribution in [1.29, 1.82) is 0 Å². The summed E-state index contributed by atoms with van der Waals surface area (Å²) >= 11 is 0. The van der Waals surface area contributed by atoms with Crippen LogP contribution in [-0.2, 0) is 13.1 Å². The number of carboxylic acid groups (broad SMARTS) is 1. The first-order valence-electron chi connectivity index (χ1n) is 12.2. The van der Waals surface area contributed by atoms with Crippen LogP contribution < -0.4 is 0 Å². The zero-order valence-electron chi connectivity index (χ0n) is 20.2.